The molecule has 0 radical (unpaired) electrons. The third kappa shape index (κ3) is 4.82. The van der Waals surface area contributed by atoms with Crippen molar-refractivity contribution in [1.29, 1.82) is 5.26 Å². The number of hydrogen-bond donors (Lipinski definition) is 2. The van der Waals surface area contributed by atoms with Crippen LogP contribution >= 0.6 is 11.6 Å². The van der Waals surface area contributed by atoms with E-state index >= 15 is 0 Å². The monoisotopic (exact) mass is 293 g/mol. The summed E-state index contributed by atoms with van der Waals surface area (Å²) in [5, 5.41) is 14.4. The van der Waals surface area contributed by atoms with Crippen LogP contribution in [-0.2, 0) is 4.79 Å². The average molecular weight is 294 g/mol. The number of rotatable bonds is 7. The average Bonchev–Trinajstić information content (AvgIpc) is 2.47. The zero-order valence-corrected chi connectivity index (χ0v) is 11.9. The lowest BCUT2D eigenvalue weighted by Crippen LogP contribution is -2.26. The van der Waals surface area contributed by atoms with E-state index in [0.29, 0.717) is 30.5 Å². The van der Waals surface area contributed by atoms with Crippen molar-refractivity contribution in [3.8, 4) is 11.8 Å². The van der Waals surface area contributed by atoms with Crippen molar-refractivity contribution < 1.29 is 9.53 Å². The van der Waals surface area contributed by atoms with Gasteiger partial charge in [-0.25, -0.2) is 0 Å². The van der Waals surface area contributed by atoms with Crippen LogP contribution in [0.25, 0.3) is 0 Å². The molecular weight excluding hydrogens is 278 g/mol. The van der Waals surface area contributed by atoms with Gasteiger partial charge in [0.15, 0.2) is 0 Å². The number of nitriles is 1. The lowest BCUT2D eigenvalue weighted by molar-refractivity contribution is -0.117. The number of anilines is 1. The Balaban J connectivity index is 2.79. The molecule has 0 unspecified atom stereocenters. The summed E-state index contributed by atoms with van der Waals surface area (Å²) in [6.07, 6.45) is 1.35. The molecular formula is C14H16ClN3O2. The standard InChI is InChI=1S/C14H16ClN3O2/c1-2-20-13-6-4-3-5-12(13)18-10-11(9-16)14(19)17-8-7-15/h3-6,10,18H,2,7-8H2,1H3,(H,17,19)/b11-10-. The molecule has 2 N–H and O–H groups in total. The zero-order chi connectivity index (χ0) is 14.8. The highest BCUT2D eigenvalue weighted by molar-refractivity contribution is 6.18. The minimum absolute atomic E-state index is 0.0265. The minimum atomic E-state index is -0.463. The molecule has 0 heterocycles. The van der Waals surface area contributed by atoms with E-state index < -0.39 is 5.91 Å². The van der Waals surface area contributed by atoms with E-state index in [2.05, 4.69) is 10.6 Å². The number of nitrogens with zero attached hydrogens (tertiary/aromatic N) is 1. The van der Waals surface area contributed by atoms with Crippen molar-refractivity contribution >= 4 is 23.2 Å². The maximum Gasteiger partial charge on any atom is 0.263 e. The molecule has 1 aromatic carbocycles. The molecule has 20 heavy (non-hydrogen) atoms. The first-order valence-corrected chi connectivity index (χ1v) is 6.69. The highest BCUT2D eigenvalue weighted by Gasteiger charge is 2.08. The lowest BCUT2D eigenvalue weighted by Gasteiger charge is -2.09. The fourth-order valence-electron chi connectivity index (χ4n) is 1.42. The van der Waals surface area contributed by atoms with Crippen molar-refractivity contribution in [3.05, 3.63) is 36.0 Å². The van der Waals surface area contributed by atoms with E-state index in [1.807, 2.05) is 25.1 Å². The molecule has 0 saturated heterocycles. The van der Waals surface area contributed by atoms with E-state index in [4.69, 9.17) is 21.6 Å². The van der Waals surface area contributed by atoms with E-state index in [0.717, 1.165) is 0 Å². The topological polar surface area (TPSA) is 74.1 Å². The van der Waals surface area contributed by atoms with Gasteiger partial charge in [-0.1, -0.05) is 12.1 Å². The maximum atomic E-state index is 11.6. The molecule has 0 aliphatic carbocycles. The van der Waals surface area contributed by atoms with E-state index in [1.54, 1.807) is 12.1 Å². The second kappa shape index (κ2) is 8.83. The Kier molecular flexibility index (Phi) is 7.01. The van der Waals surface area contributed by atoms with Crippen LogP contribution < -0.4 is 15.4 Å². The van der Waals surface area contributed by atoms with Crippen LogP contribution in [0.4, 0.5) is 5.69 Å². The summed E-state index contributed by atoms with van der Waals surface area (Å²) in [6, 6.07) is 9.12. The number of amides is 1. The second-order valence-electron chi connectivity index (χ2n) is 3.69. The summed E-state index contributed by atoms with van der Waals surface area (Å²) in [7, 11) is 0. The van der Waals surface area contributed by atoms with Gasteiger partial charge in [-0.3, -0.25) is 4.79 Å². The summed E-state index contributed by atoms with van der Waals surface area (Å²) >= 11 is 5.47. The van der Waals surface area contributed by atoms with Crippen LogP contribution in [0.5, 0.6) is 5.75 Å². The molecule has 0 atom stereocenters. The molecule has 0 bridgehead atoms. The quantitative estimate of drug-likeness (QED) is 0.459. The zero-order valence-electron chi connectivity index (χ0n) is 11.1. The molecule has 106 valence electrons. The Hall–Kier alpha value is -2.19. The molecule has 5 nitrogen and oxygen atoms in total. The van der Waals surface area contributed by atoms with Crippen LogP contribution in [-0.4, -0.2) is 24.9 Å². The SMILES string of the molecule is CCOc1ccccc1N/C=C(/C#N)C(=O)NCCCl. The van der Waals surface area contributed by atoms with Gasteiger partial charge in [-0.05, 0) is 19.1 Å². The van der Waals surface area contributed by atoms with Crippen molar-refractivity contribution in [2.24, 2.45) is 0 Å². The van der Waals surface area contributed by atoms with Gasteiger partial charge in [-0.2, -0.15) is 5.26 Å². The molecule has 1 aromatic rings. The van der Waals surface area contributed by atoms with Gasteiger partial charge in [0.2, 0.25) is 0 Å². The summed E-state index contributed by atoms with van der Waals surface area (Å²) in [5.74, 6) is 0.490. The molecule has 0 spiro atoms. The maximum absolute atomic E-state index is 11.6. The number of ether oxygens (including phenoxy) is 1. The number of hydrogen-bond acceptors (Lipinski definition) is 4. The van der Waals surface area contributed by atoms with Crippen molar-refractivity contribution in [2.75, 3.05) is 24.3 Å². The molecule has 1 rings (SSSR count). The Morgan fingerprint density at radius 1 is 1.50 bits per heavy atom. The highest BCUT2D eigenvalue weighted by atomic mass is 35.5. The van der Waals surface area contributed by atoms with Crippen molar-refractivity contribution in [1.82, 2.24) is 5.32 Å². The number of para-hydroxylation sites is 2. The largest absolute Gasteiger partial charge is 0.492 e. The predicted octanol–water partition coefficient (Wildman–Crippen LogP) is 2.26. The molecule has 0 aliphatic heterocycles. The van der Waals surface area contributed by atoms with Gasteiger partial charge in [0.05, 0.1) is 12.3 Å². The molecule has 6 heteroatoms. The summed E-state index contributed by atoms with van der Waals surface area (Å²) in [4.78, 5) is 11.6. The number of alkyl halides is 1. The van der Waals surface area contributed by atoms with Crippen LogP contribution in [0.15, 0.2) is 36.0 Å². The first kappa shape index (κ1) is 15.9. The third-order valence-electron chi connectivity index (χ3n) is 2.30. The number of nitrogens with one attached hydrogen (secondary N) is 2. The molecule has 0 fully saturated rings. The fourth-order valence-corrected chi connectivity index (χ4v) is 1.52. The Morgan fingerprint density at radius 2 is 2.25 bits per heavy atom. The lowest BCUT2D eigenvalue weighted by atomic mass is 10.2. The van der Waals surface area contributed by atoms with Gasteiger partial charge in [0.1, 0.15) is 17.4 Å². The molecule has 1 amide bonds. The highest BCUT2D eigenvalue weighted by Crippen LogP contribution is 2.23. The van der Waals surface area contributed by atoms with Crippen LogP contribution in [0, 0.1) is 11.3 Å². The van der Waals surface area contributed by atoms with Crippen LogP contribution in [0.2, 0.25) is 0 Å². The van der Waals surface area contributed by atoms with Crippen molar-refractivity contribution in [2.45, 2.75) is 6.92 Å². The minimum Gasteiger partial charge on any atom is -0.492 e. The van der Waals surface area contributed by atoms with Crippen LogP contribution in [0.3, 0.4) is 0 Å². The molecule has 0 aliphatic rings. The van der Waals surface area contributed by atoms with Gasteiger partial charge in [0, 0.05) is 18.6 Å². The van der Waals surface area contributed by atoms with Crippen LogP contribution in [0.1, 0.15) is 6.92 Å². The Morgan fingerprint density at radius 3 is 2.90 bits per heavy atom. The van der Waals surface area contributed by atoms with Crippen molar-refractivity contribution in [3.63, 3.8) is 0 Å². The molecule has 0 saturated carbocycles. The molecule has 0 aromatic heterocycles. The Labute approximate surface area is 123 Å². The Bertz CT molecular complexity index is 523. The third-order valence-corrected chi connectivity index (χ3v) is 2.49. The number of benzene rings is 1. The number of carbonyl (C=O) groups excluding carboxylic acids is 1. The number of halogens is 1. The van der Waals surface area contributed by atoms with Gasteiger partial charge in [0.25, 0.3) is 5.91 Å². The van der Waals surface area contributed by atoms with E-state index in [1.165, 1.54) is 6.20 Å². The fraction of sp³-hybridized carbons (Fsp3) is 0.286. The second-order valence-corrected chi connectivity index (χ2v) is 4.07. The van der Waals surface area contributed by atoms with E-state index in [-0.39, 0.29) is 5.57 Å². The first-order chi connectivity index (χ1) is 9.72. The first-order valence-electron chi connectivity index (χ1n) is 6.15. The normalized spacial score (nSPS) is 10.6. The van der Waals surface area contributed by atoms with Gasteiger partial charge >= 0.3 is 0 Å². The summed E-state index contributed by atoms with van der Waals surface area (Å²) in [5.41, 5.74) is 0.661. The number of carbonyl (C=O) groups is 1. The predicted molar refractivity (Wildman–Crippen MR) is 78.7 cm³/mol. The van der Waals surface area contributed by atoms with E-state index in [9.17, 15) is 4.79 Å². The van der Waals surface area contributed by atoms with Gasteiger partial charge < -0.3 is 15.4 Å². The van der Waals surface area contributed by atoms with Gasteiger partial charge in [-0.15, -0.1) is 11.6 Å². The summed E-state index contributed by atoms with van der Waals surface area (Å²) < 4.78 is 5.44. The summed E-state index contributed by atoms with van der Waals surface area (Å²) in [6.45, 7) is 2.73. The smallest absolute Gasteiger partial charge is 0.263 e.